The molecule has 0 atom stereocenters. The number of rotatable bonds is 2. The Labute approximate surface area is 42.0 Å². The Hall–Kier alpha value is 0.670. The van der Waals surface area contributed by atoms with Gasteiger partial charge in [-0.1, -0.05) is 0 Å². The zero-order valence-corrected chi connectivity index (χ0v) is 4.09. The van der Waals surface area contributed by atoms with E-state index in [4.69, 9.17) is 22.9 Å². The smallest absolute Gasteiger partial charge is 0.366 e. The second-order valence-electron chi connectivity index (χ2n) is 0.422. The van der Waals surface area contributed by atoms with Crippen molar-refractivity contribution in [3.8, 4) is 0 Å². The first kappa shape index (κ1) is 5.67. The molecule has 5 heteroatoms. The summed E-state index contributed by atoms with van der Waals surface area (Å²) in [5.41, 5.74) is 0. The average Bonchev–Trinajstić information content (AvgIpc) is 1.41. The molecule has 0 unspecified atom stereocenters. The molecule has 28 valence electrons. The maximum Gasteiger partial charge on any atom is 0.366 e. The van der Waals surface area contributed by atoms with E-state index in [1.165, 1.54) is 0 Å². The summed E-state index contributed by atoms with van der Waals surface area (Å²) < 4.78 is 4.36. The highest BCUT2D eigenvalue weighted by atomic mass is 35.5. The van der Waals surface area contributed by atoms with Gasteiger partial charge in [-0.2, -0.15) is 22.9 Å². The molecule has 0 bridgehead atoms. The van der Waals surface area contributed by atoms with E-state index in [2.05, 4.69) is 4.57 Å². The molecule has 0 saturated heterocycles. The molecule has 0 aliphatic rings. The van der Waals surface area contributed by atoms with Crippen molar-refractivity contribution in [2.45, 2.75) is 0 Å². The number of hydrogen-bond acceptors (Lipinski definition) is 1. The van der Waals surface area contributed by atoms with Gasteiger partial charge in [-0.15, -0.1) is 0 Å². The van der Waals surface area contributed by atoms with Crippen LogP contribution in [0.25, 0.3) is 0 Å². The van der Waals surface area contributed by atoms with Crippen molar-refractivity contribution < 1.29 is 4.57 Å². The first-order valence-corrected chi connectivity index (χ1v) is 2.18. The van der Waals surface area contributed by atoms with Gasteiger partial charge in [0.15, 0.2) is 0 Å². The predicted molar refractivity (Wildman–Crippen MR) is 27.1 cm³/mol. The summed E-state index contributed by atoms with van der Waals surface area (Å²) in [6.45, 7) is 0.368. The van der Waals surface area contributed by atoms with Crippen LogP contribution in [-0.4, -0.2) is 13.8 Å². The van der Waals surface area contributed by atoms with Gasteiger partial charge in [0, 0.05) is 0 Å². The summed E-state index contributed by atoms with van der Waals surface area (Å²) in [7, 11) is 0. The van der Waals surface area contributed by atoms with E-state index in [0.29, 0.717) is 0 Å². The summed E-state index contributed by atoms with van der Waals surface area (Å²) in [6, 6.07) is 0. The standard InChI is InChI=1S/B2Cl2H2O/c3-1-5-2-4/h1-2H. The van der Waals surface area contributed by atoms with Crippen LogP contribution in [0.3, 0.4) is 0 Å². The molecule has 1 nitrogen and oxygen atoms in total. The van der Waals surface area contributed by atoms with E-state index < -0.39 is 0 Å². The van der Waals surface area contributed by atoms with Crippen LogP contribution < -0.4 is 0 Å². The summed E-state index contributed by atoms with van der Waals surface area (Å²) >= 11 is 9.99. The lowest BCUT2D eigenvalue weighted by Crippen LogP contribution is -1.88. The van der Waals surface area contributed by atoms with E-state index in [0.717, 1.165) is 0 Å². The van der Waals surface area contributed by atoms with Crippen LogP contribution in [0.5, 0.6) is 0 Å². The molecule has 0 spiro atoms. The Kier molecular flexibility index (Phi) is 5.30. The van der Waals surface area contributed by atoms with Crippen molar-refractivity contribution in [1.82, 2.24) is 0 Å². The minimum absolute atomic E-state index is 0.184. The van der Waals surface area contributed by atoms with Crippen molar-refractivity contribution in [3.63, 3.8) is 0 Å². The highest BCUT2D eigenvalue weighted by molar-refractivity contribution is 6.98. The van der Waals surface area contributed by atoms with Crippen molar-refractivity contribution in [1.29, 1.82) is 0 Å². The third kappa shape index (κ3) is 4.67. The lowest BCUT2D eigenvalue weighted by molar-refractivity contribution is 0.676. The Balaban J connectivity index is 2.19. The first-order valence-electron chi connectivity index (χ1n) is 1.11. The molecule has 0 fully saturated rings. The Morgan fingerprint density at radius 3 is 1.60 bits per heavy atom. The molecule has 0 aromatic carbocycles. The van der Waals surface area contributed by atoms with Crippen molar-refractivity contribution in [3.05, 3.63) is 0 Å². The van der Waals surface area contributed by atoms with Gasteiger partial charge in [-0.25, -0.2) is 0 Å². The average molecular weight is 111 g/mol. The van der Waals surface area contributed by atoms with E-state index >= 15 is 0 Å². The van der Waals surface area contributed by atoms with E-state index in [9.17, 15) is 0 Å². The molecular weight excluding hydrogens is 109 g/mol. The highest BCUT2D eigenvalue weighted by Gasteiger charge is 1.77. The van der Waals surface area contributed by atoms with Gasteiger partial charge in [0.05, 0.1) is 0 Å². The molecule has 0 rings (SSSR count). The van der Waals surface area contributed by atoms with Gasteiger partial charge in [0.1, 0.15) is 0 Å². The maximum absolute atomic E-state index is 4.99. The fourth-order valence-corrected chi connectivity index (χ4v) is 0.262. The van der Waals surface area contributed by atoms with Gasteiger partial charge in [0.25, 0.3) is 0 Å². The van der Waals surface area contributed by atoms with Gasteiger partial charge < -0.3 is 4.57 Å². The molecular formula is H2B2Cl2O. The van der Waals surface area contributed by atoms with Crippen LogP contribution in [0.1, 0.15) is 0 Å². The molecule has 0 N–H and O–H groups in total. The van der Waals surface area contributed by atoms with Crippen LogP contribution in [0, 0.1) is 0 Å². The zero-order valence-electron chi connectivity index (χ0n) is 2.58. The topological polar surface area (TPSA) is 9.23 Å². The molecule has 0 heterocycles. The lowest BCUT2D eigenvalue weighted by atomic mass is 10.4. The molecule has 0 radical (unpaired) electrons. The van der Waals surface area contributed by atoms with E-state index in [1.54, 1.807) is 0 Å². The predicted octanol–water partition coefficient (Wildman–Crippen LogP) is 0.0136. The summed E-state index contributed by atoms with van der Waals surface area (Å²) in [5.74, 6) is 0. The fraction of sp³-hybridized carbons (Fsp3) is 0. The van der Waals surface area contributed by atoms with Crippen LogP contribution in [0.2, 0.25) is 0 Å². The normalized spacial score (nSPS) is 6.80. The lowest BCUT2D eigenvalue weighted by Gasteiger charge is -1.78. The zero-order chi connectivity index (χ0) is 4.12. The molecule has 0 saturated carbocycles. The summed E-state index contributed by atoms with van der Waals surface area (Å²) in [4.78, 5) is 0. The van der Waals surface area contributed by atoms with Gasteiger partial charge >= 0.3 is 13.8 Å². The molecule has 0 amide bonds. The molecule has 0 aliphatic heterocycles. The molecule has 5 heavy (non-hydrogen) atoms. The Bertz CT molecular complexity index is 15.1. The van der Waals surface area contributed by atoms with Gasteiger partial charge in [-0.3, -0.25) is 0 Å². The monoisotopic (exact) mass is 110 g/mol. The number of halogens is 2. The van der Waals surface area contributed by atoms with Crippen LogP contribution in [0.15, 0.2) is 0 Å². The van der Waals surface area contributed by atoms with Gasteiger partial charge in [-0.05, 0) is 0 Å². The van der Waals surface area contributed by atoms with Gasteiger partial charge in [0.2, 0.25) is 0 Å². The second-order valence-corrected chi connectivity index (χ2v) is 0.859. The SMILES string of the molecule is ClBOBCl. The van der Waals surface area contributed by atoms with E-state index in [-0.39, 0.29) is 13.8 Å². The summed E-state index contributed by atoms with van der Waals surface area (Å²) in [6.07, 6.45) is 0. The largest absolute Gasteiger partial charge is 0.479 e. The quantitative estimate of drug-likeness (QED) is 0.455. The van der Waals surface area contributed by atoms with Crippen LogP contribution in [0.4, 0.5) is 0 Å². The van der Waals surface area contributed by atoms with Crippen LogP contribution in [-0.2, 0) is 4.57 Å². The highest BCUT2D eigenvalue weighted by Crippen LogP contribution is 1.72. The van der Waals surface area contributed by atoms with Crippen LogP contribution >= 0.6 is 22.9 Å². The maximum atomic E-state index is 4.99. The molecule has 0 aliphatic carbocycles. The fourth-order valence-electron chi connectivity index (χ4n) is 0.0292. The number of hydrogen-bond donors (Lipinski definition) is 0. The Morgan fingerprint density at radius 1 is 1.20 bits per heavy atom. The first-order chi connectivity index (χ1) is 2.41. The van der Waals surface area contributed by atoms with Crippen molar-refractivity contribution in [2.75, 3.05) is 0 Å². The Morgan fingerprint density at radius 2 is 1.60 bits per heavy atom. The second kappa shape index (κ2) is 4.67. The third-order valence-electron chi connectivity index (χ3n) is 0.154. The van der Waals surface area contributed by atoms with Crippen molar-refractivity contribution in [2.24, 2.45) is 0 Å². The van der Waals surface area contributed by atoms with Crippen molar-refractivity contribution >= 4 is 36.7 Å². The molecule has 0 aromatic rings. The van der Waals surface area contributed by atoms with E-state index in [1.807, 2.05) is 0 Å². The minimum Gasteiger partial charge on any atom is -0.479 e. The summed E-state index contributed by atoms with van der Waals surface area (Å²) in [5, 5.41) is 0. The third-order valence-corrected chi connectivity index (χ3v) is 0.463. The molecule has 0 aromatic heterocycles. The minimum atomic E-state index is 0.184.